The summed E-state index contributed by atoms with van der Waals surface area (Å²) in [6, 6.07) is -1.88. The summed E-state index contributed by atoms with van der Waals surface area (Å²) in [5.41, 5.74) is 0. The van der Waals surface area contributed by atoms with E-state index < -0.39 is 29.9 Å². The molecule has 86 valence electrons. The SMILES string of the molecule is CN1C(=O)N=C(N(C)C(=O)NC(=O)O)C1=O. The third-order valence-corrected chi connectivity index (χ3v) is 1.82. The van der Waals surface area contributed by atoms with Crippen LogP contribution in [0.4, 0.5) is 14.4 Å². The first-order valence-corrected chi connectivity index (χ1v) is 4.03. The number of imide groups is 2. The summed E-state index contributed by atoms with van der Waals surface area (Å²) in [5, 5.41) is 9.80. The van der Waals surface area contributed by atoms with E-state index >= 15 is 0 Å². The molecule has 0 fully saturated rings. The Bertz CT molecular complexity index is 415. The first kappa shape index (κ1) is 11.6. The van der Waals surface area contributed by atoms with Crippen LogP contribution in [0.15, 0.2) is 4.99 Å². The minimum atomic E-state index is -1.57. The van der Waals surface area contributed by atoms with Crippen molar-refractivity contribution < 1.29 is 24.3 Å². The Morgan fingerprint density at radius 2 is 2.00 bits per heavy atom. The monoisotopic (exact) mass is 228 g/mol. The molecular weight excluding hydrogens is 220 g/mol. The predicted octanol–water partition coefficient (Wildman–Crippen LogP) is -0.704. The summed E-state index contributed by atoms with van der Waals surface area (Å²) >= 11 is 0. The summed E-state index contributed by atoms with van der Waals surface area (Å²) < 4.78 is 0. The van der Waals surface area contributed by atoms with Crippen LogP contribution in [0, 0.1) is 0 Å². The fourth-order valence-electron chi connectivity index (χ4n) is 0.940. The van der Waals surface area contributed by atoms with Gasteiger partial charge in [-0.05, 0) is 0 Å². The molecule has 1 aliphatic rings. The summed E-state index contributed by atoms with van der Waals surface area (Å²) in [7, 11) is 2.32. The minimum absolute atomic E-state index is 0.425. The molecule has 1 heterocycles. The van der Waals surface area contributed by atoms with E-state index in [1.165, 1.54) is 12.4 Å². The van der Waals surface area contributed by atoms with Crippen molar-refractivity contribution >= 4 is 29.9 Å². The van der Waals surface area contributed by atoms with Crippen molar-refractivity contribution in [1.29, 1.82) is 0 Å². The van der Waals surface area contributed by atoms with Crippen LogP contribution >= 0.6 is 0 Å². The largest absolute Gasteiger partial charge is 0.465 e. The molecule has 9 heteroatoms. The van der Waals surface area contributed by atoms with E-state index in [1.54, 1.807) is 0 Å². The molecule has 6 amide bonds. The smallest absolute Gasteiger partial charge is 0.412 e. The highest BCUT2D eigenvalue weighted by molar-refractivity contribution is 6.46. The average molecular weight is 228 g/mol. The van der Waals surface area contributed by atoms with E-state index in [9.17, 15) is 19.2 Å². The van der Waals surface area contributed by atoms with E-state index in [0.717, 1.165) is 7.05 Å². The van der Waals surface area contributed by atoms with Crippen molar-refractivity contribution in [2.75, 3.05) is 14.1 Å². The number of hydrogen-bond donors (Lipinski definition) is 2. The second-order valence-corrected chi connectivity index (χ2v) is 2.88. The van der Waals surface area contributed by atoms with Crippen LogP contribution in [-0.2, 0) is 4.79 Å². The van der Waals surface area contributed by atoms with Crippen molar-refractivity contribution in [1.82, 2.24) is 15.1 Å². The van der Waals surface area contributed by atoms with Crippen molar-refractivity contribution in [2.24, 2.45) is 4.99 Å². The number of carbonyl (C=O) groups excluding carboxylic acids is 3. The number of amides is 6. The Morgan fingerprint density at radius 3 is 2.38 bits per heavy atom. The van der Waals surface area contributed by atoms with Crippen LogP contribution in [0.5, 0.6) is 0 Å². The molecule has 0 saturated carbocycles. The summed E-state index contributed by atoms with van der Waals surface area (Å²) in [6.45, 7) is 0. The molecule has 0 radical (unpaired) electrons. The molecule has 0 unspecified atom stereocenters. The van der Waals surface area contributed by atoms with Gasteiger partial charge in [0.1, 0.15) is 0 Å². The number of aliphatic imine (C=N–C) groups is 1. The lowest BCUT2D eigenvalue weighted by atomic mass is 10.5. The number of carboxylic acid groups (broad SMARTS) is 1. The summed E-state index contributed by atoms with van der Waals surface area (Å²) in [4.78, 5) is 48.4. The van der Waals surface area contributed by atoms with Crippen LogP contribution in [0.2, 0.25) is 0 Å². The van der Waals surface area contributed by atoms with E-state index in [-0.39, 0.29) is 0 Å². The zero-order valence-corrected chi connectivity index (χ0v) is 8.42. The standard InChI is InChI=1S/C7H8N4O5/c1-10(6(14)9-7(15)16)3-4(12)11(2)5(13)8-3/h1-2H3,(H,9,14)(H,15,16). The van der Waals surface area contributed by atoms with Gasteiger partial charge in [-0.25, -0.2) is 19.7 Å². The van der Waals surface area contributed by atoms with E-state index in [1.807, 2.05) is 0 Å². The van der Waals surface area contributed by atoms with Crippen molar-refractivity contribution in [3.05, 3.63) is 0 Å². The van der Waals surface area contributed by atoms with Gasteiger partial charge in [0.2, 0.25) is 5.84 Å². The number of carbonyl (C=O) groups is 4. The second-order valence-electron chi connectivity index (χ2n) is 2.88. The van der Waals surface area contributed by atoms with Gasteiger partial charge in [-0.3, -0.25) is 14.6 Å². The number of hydrogen-bond acceptors (Lipinski definition) is 4. The molecule has 0 saturated heterocycles. The average Bonchev–Trinajstić information content (AvgIpc) is 2.44. The maximum atomic E-state index is 11.4. The molecule has 0 bridgehead atoms. The number of nitrogens with one attached hydrogen (secondary N) is 1. The van der Waals surface area contributed by atoms with Gasteiger partial charge in [-0.2, -0.15) is 4.99 Å². The van der Waals surface area contributed by atoms with Gasteiger partial charge >= 0.3 is 18.2 Å². The molecule has 1 aliphatic heterocycles. The molecule has 0 aromatic rings. The third kappa shape index (κ3) is 1.97. The topological polar surface area (TPSA) is 119 Å². The van der Waals surface area contributed by atoms with Gasteiger partial charge in [0.15, 0.2) is 0 Å². The molecular formula is C7H8N4O5. The highest BCUT2D eigenvalue weighted by atomic mass is 16.4. The van der Waals surface area contributed by atoms with E-state index in [4.69, 9.17) is 5.11 Å². The Morgan fingerprint density at radius 1 is 1.44 bits per heavy atom. The molecule has 0 aliphatic carbocycles. The van der Waals surface area contributed by atoms with Gasteiger partial charge in [-0.1, -0.05) is 0 Å². The Hall–Kier alpha value is -2.45. The molecule has 16 heavy (non-hydrogen) atoms. The van der Waals surface area contributed by atoms with Crippen LogP contribution < -0.4 is 5.32 Å². The molecule has 0 atom stereocenters. The van der Waals surface area contributed by atoms with E-state index in [2.05, 4.69) is 4.99 Å². The molecule has 0 aromatic carbocycles. The van der Waals surface area contributed by atoms with Gasteiger partial charge in [-0.15, -0.1) is 0 Å². The fraction of sp³-hybridized carbons (Fsp3) is 0.286. The Balaban J connectivity index is 2.83. The van der Waals surface area contributed by atoms with Crippen molar-refractivity contribution in [3.63, 3.8) is 0 Å². The van der Waals surface area contributed by atoms with Gasteiger partial charge < -0.3 is 5.11 Å². The zero-order chi connectivity index (χ0) is 12.5. The normalized spacial score (nSPS) is 14.9. The maximum absolute atomic E-state index is 11.4. The Labute approximate surface area is 89.3 Å². The van der Waals surface area contributed by atoms with Crippen LogP contribution in [0.1, 0.15) is 0 Å². The Kier molecular flexibility index (Phi) is 2.88. The highest BCUT2D eigenvalue weighted by Crippen LogP contribution is 2.06. The number of amidine groups is 1. The van der Waals surface area contributed by atoms with Crippen molar-refractivity contribution in [3.8, 4) is 0 Å². The van der Waals surface area contributed by atoms with Crippen molar-refractivity contribution in [2.45, 2.75) is 0 Å². The van der Waals surface area contributed by atoms with Gasteiger partial charge in [0.25, 0.3) is 5.91 Å². The maximum Gasteiger partial charge on any atom is 0.412 e. The first-order valence-electron chi connectivity index (χ1n) is 4.03. The predicted molar refractivity (Wildman–Crippen MR) is 49.9 cm³/mol. The molecule has 2 N–H and O–H groups in total. The van der Waals surface area contributed by atoms with E-state index in [0.29, 0.717) is 9.80 Å². The third-order valence-electron chi connectivity index (χ3n) is 1.82. The lowest BCUT2D eigenvalue weighted by molar-refractivity contribution is -0.120. The van der Waals surface area contributed by atoms with Crippen LogP contribution in [0.3, 0.4) is 0 Å². The lowest BCUT2D eigenvalue weighted by Gasteiger charge is -2.14. The second kappa shape index (κ2) is 3.96. The molecule has 1 rings (SSSR count). The number of nitrogens with zero attached hydrogens (tertiary/aromatic N) is 3. The molecule has 0 aromatic heterocycles. The number of likely N-dealkylation sites (N-methyl/N-ethyl adjacent to an activating group) is 2. The number of urea groups is 2. The highest BCUT2D eigenvalue weighted by Gasteiger charge is 2.34. The molecule has 9 nitrogen and oxygen atoms in total. The summed E-state index contributed by atoms with van der Waals surface area (Å²) in [6.07, 6.45) is -1.57. The zero-order valence-electron chi connectivity index (χ0n) is 8.42. The first-order chi connectivity index (χ1) is 7.34. The number of rotatable bonds is 0. The minimum Gasteiger partial charge on any atom is -0.465 e. The van der Waals surface area contributed by atoms with Gasteiger partial charge in [0, 0.05) is 14.1 Å². The molecule has 0 spiro atoms. The van der Waals surface area contributed by atoms with Crippen LogP contribution in [-0.4, -0.2) is 58.9 Å². The lowest BCUT2D eigenvalue weighted by Crippen LogP contribution is -2.46. The quantitative estimate of drug-likeness (QED) is 0.567. The fourth-order valence-corrected chi connectivity index (χ4v) is 0.940. The van der Waals surface area contributed by atoms with Gasteiger partial charge in [0.05, 0.1) is 0 Å². The summed E-state index contributed by atoms with van der Waals surface area (Å²) in [5.74, 6) is -1.20. The van der Waals surface area contributed by atoms with Crippen LogP contribution in [0.25, 0.3) is 0 Å².